The summed E-state index contributed by atoms with van der Waals surface area (Å²) in [5.74, 6) is 0.452. The van der Waals surface area contributed by atoms with E-state index in [2.05, 4.69) is 5.32 Å². The van der Waals surface area contributed by atoms with Crippen LogP contribution in [0, 0.1) is 13.8 Å². The molecule has 0 spiro atoms. The Morgan fingerprint density at radius 2 is 1.95 bits per heavy atom. The first-order valence-electron chi connectivity index (χ1n) is 6.81. The van der Waals surface area contributed by atoms with Crippen LogP contribution < -0.4 is 10.1 Å². The Balaban J connectivity index is 1.81. The number of aliphatic hydroxyl groups excluding tert-OH is 2. The van der Waals surface area contributed by atoms with Crippen molar-refractivity contribution in [3.05, 3.63) is 29.3 Å². The van der Waals surface area contributed by atoms with Crippen molar-refractivity contribution in [3.8, 4) is 5.75 Å². The Bertz CT molecular complexity index is 479. The van der Waals surface area contributed by atoms with Crippen LogP contribution in [-0.4, -0.2) is 41.0 Å². The van der Waals surface area contributed by atoms with E-state index in [9.17, 15) is 15.0 Å². The largest absolute Gasteiger partial charge is 0.484 e. The van der Waals surface area contributed by atoms with E-state index in [1.807, 2.05) is 32.0 Å². The van der Waals surface area contributed by atoms with Gasteiger partial charge in [0.15, 0.2) is 6.61 Å². The molecule has 1 fully saturated rings. The lowest BCUT2D eigenvalue weighted by Crippen LogP contribution is -2.36. The minimum atomic E-state index is -0.749. The van der Waals surface area contributed by atoms with Crippen LogP contribution in [0.25, 0.3) is 0 Å². The maximum Gasteiger partial charge on any atom is 0.258 e. The Hall–Kier alpha value is -1.59. The highest BCUT2D eigenvalue weighted by atomic mass is 16.5. The lowest BCUT2D eigenvalue weighted by atomic mass is 10.1. The highest BCUT2D eigenvalue weighted by Gasteiger charge is 2.32. The second kappa shape index (κ2) is 6.24. The molecule has 0 heterocycles. The van der Waals surface area contributed by atoms with Crippen LogP contribution in [-0.2, 0) is 4.79 Å². The lowest BCUT2D eigenvalue weighted by Gasteiger charge is -2.13. The van der Waals surface area contributed by atoms with Gasteiger partial charge >= 0.3 is 0 Å². The van der Waals surface area contributed by atoms with E-state index in [1.165, 1.54) is 0 Å². The summed E-state index contributed by atoms with van der Waals surface area (Å²) in [7, 11) is 0. The van der Waals surface area contributed by atoms with Crippen molar-refractivity contribution in [2.24, 2.45) is 0 Å². The molecule has 1 aliphatic rings. The topological polar surface area (TPSA) is 78.8 Å². The minimum Gasteiger partial charge on any atom is -0.484 e. The maximum absolute atomic E-state index is 11.8. The highest BCUT2D eigenvalue weighted by molar-refractivity contribution is 5.78. The van der Waals surface area contributed by atoms with Crippen LogP contribution >= 0.6 is 0 Å². The molecule has 5 nitrogen and oxygen atoms in total. The maximum atomic E-state index is 11.8. The first-order valence-corrected chi connectivity index (χ1v) is 6.81. The third kappa shape index (κ3) is 3.71. The Kier molecular flexibility index (Phi) is 4.62. The zero-order valence-electron chi connectivity index (χ0n) is 11.8. The van der Waals surface area contributed by atoms with Crippen molar-refractivity contribution in [3.63, 3.8) is 0 Å². The summed E-state index contributed by atoms with van der Waals surface area (Å²) in [5.41, 5.74) is 2.14. The smallest absolute Gasteiger partial charge is 0.258 e. The fraction of sp³-hybridized carbons (Fsp3) is 0.533. The SMILES string of the molecule is Cc1ccc(OCC(=O)NC2C[C@@H](O)[C@@H](O)C2)c(C)c1. The van der Waals surface area contributed by atoms with Gasteiger partial charge in [-0.2, -0.15) is 0 Å². The molecule has 1 aromatic carbocycles. The van der Waals surface area contributed by atoms with E-state index >= 15 is 0 Å². The highest BCUT2D eigenvalue weighted by Crippen LogP contribution is 2.20. The molecule has 0 aromatic heterocycles. The number of carbonyl (C=O) groups excluding carboxylic acids is 1. The molecule has 2 rings (SSSR count). The van der Waals surface area contributed by atoms with Gasteiger partial charge in [0.2, 0.25) is 0 Å². The van der Waals surface area contributed by atoms with Gasteiger partial charge in [-0.05, 0) is 38.3 Å². The van der Waals surface area contributed by atoms with Gasteiger partial charge in [0.05, 0.1) is 12.2 Å². The molecular weight excluding hydrogens is 258 g/mol. The van der Waals surface area contributed by atoms with E-state index < -0.39 is 12.2 Å². The van der Waals surface area contributed by atoms with Crippen molar-refractivity contribution in [1.29, 1.82) is 0 Å². The van der Waals surface area contributed by atoms with Crippen LogP contribution in [0.1, 0.15) is 24.0 Å². The summed E-state index contributed by atoms with van der Waals surface area (Å²) in [6, 6.07) is 5.59. The first-order chi connectivity index (χ1) is 9.45. The Morgan fingerprint density at radius 1 is 1.30 bits per heavy atom. The van der Waals surface area contributed by atoms with Crippen LogP contribution in [0.3, 0.4) is 0 Å². The van der Waals surface area contributed by atoms with Crippen molar-refractivity contribution < 1.29 is 19.7 Å². The molecule has 1 saturated carbocycles. The van der Waals surface area contributed by atoms with Crippen LogP contribution in [0.15, 0.2) is 18.2 Å². The van der Waals surface area contributed by atoms with Gasteiger partial charge in [0.25, 0.3) is 5.91 Å². The Morgan fingerprint density at radius 3 is 2.55 bits per heavy atom. The Labute approximate surface area is 118 Å². The quantitative estimate of drug-likeness (QED) is 0.757. The zero-order valence-corrected chi connectivity index (χ0v) is 11.8. The van der Waals surface area contributed by atoms with E-state index in [4.69, 9.17) is 4.74 Å². The number of nitrogens with one attached hydrogen (secondary N) is 1. The van der Waals surface area contributed by atoms with Crippen molar-refractivity contribution in [2.45, 2.75) is 44.9 Å². The van der Waals surface area contributed by atoms with Crippen molar-refractivity contribution in [2.75, 3.05) is 6.61 Å². The molecule has 1 aromatic rings. The van der Waals surface area contributed by atoms with Gasteiger partial charge in [-0.25, -0.2) is 0 Å². The molecule has 3 N–H and O–H groups in total. The van der Waals surface area contributed by atoms with Gasteiger partial charge in [-0.15, -0.1) is 0 Å². The molecular formula is C15H21NO4. The van der Waals surface area contributed by atoms with Crippen LogP contribution in [0.2, 0.25) is 0 Å². The second-order valence-corrected chi connectivity index (χ2v) is 5.43. The van der Waals surface area contributed by atoms with Crippen molar-refractivity contribution in [1.82, 2.24) is 5.32 Å². The van der Waals surface area contributed by atoms with E-state index in [0.717, 1.165) is 11.1 Å². The van der Waals surface area contributed by atoms with Gasteiger partial charge in [-0.3, -0.25) is 4.79 Å². The molecule has 1 unspecified atom stereocenters. The zero-order chi connectivity index (χ0) is 14.7. The number of benzene rings is 1. The molecule has 0 aliphatic heterocycles. The number of hydrogen-bond donors (Lipinski definition) is 3. The number of aliphatic hydroxyl groups is 2. The van der Waals surface area contributed by atoms with E-state index in [0.29, 0.717) is 18.6 Å². The van der Waals surface area contributed by atoms with Gasteiger partial charge < -0.3 is 20.3 Å². The average molecular weight is 279 g/mol. The second-order valence-electron chi connectivity index (χ2n) is 5.43. The molecule has 0 saturated heterocycles. The molecule has 20 heavy (non-hydrogen) atoms. The molecule has 0 bridgehead atoms. The van der Waals surface area contributed by atoms with E-state index in [-0.39, 0.29) is 18.6 Å². The number of carbonyl (C=O) groups is 1. The number of aryl methyl sites for hydroxylation is 2. The van der Waals surface area contributed by atoms with Crippen LogP contribution in [0.4, 0.5) is 0 Å². The molecule has 1 amide bonds. The van der Waals surface area contributed by atoms with Crippen LogP contribution in [0.5, 0.6) is 5.75 Å². The van der Waals surface area contributed by atoms with Gasteiger partial charge in [-0.1, -0.05) is 17.7 Å². The summed E-state index contributed by atoms with van der Waals surface area (Å²) in [4.78, 5) is 11.8. The third-order valence-corrected chi connectivity index (χ3v) is 3.55. The predicted octanol–water partition coefficient (Wildman–Crippen LogP) is 0.683. The normalized spacial score (nSPS) is 25.5. The monoisotopic (exact) mass is 279 g/mol. The summed E-state index contributed by atoms with van der Waals surface area (Å²) >= 11 is 0. The fourth-order valence-electron chi connectivity index (χ4n) is 2.49. The van der Waals surface area contributed by atoms with Crippen molar-refractivity contribution >= 4 is 5.91 Å². The number of rotatable bonds is 4. The summed E-state index contributed by atoms with van der Waals surface area (Å²) in [5, 5.41) is 21.6. The molecule has 5 heteroatoms. The lowest BCUT2D eigenvalue weighted by molar-refractivity contribution is -0.123. The molecule has 110 valence electrons. The van der Waals surface area contributed by atoms with Gasteiger partial charge in [0, 0.05) is 6.04 Å². The number of amides is 1. The van der Waals surface area contributed by atoms with E-state index in [1.54, 1.807) is 0 Å². The average Bonchev–Trinajstić information content (AvgIpc) is 2.67. The molecule has 0 radical (unpaired) electrons. The predicted molar refractivity (Wildman–Crippen MR) is 74.6 cm³/mol. The molecule has 1 aliphatic carbocycles. The number of hydrogen-bond acceptors (Lipinski definition) is 4. The summed E-state index contributed by atoms with van der Waals surface area (Å²) < 4.78 is 5.48. The number of ether oxygens (including phenoxy) is 1. The van der Waals surface area contributed by atoms with Gasteiger partial charge in [0.1, 0.15) is 5.75 Å². The first kappa shape index (κ1) is 14.8. The minimum absolute atomic E-state index is 0.0629. The standard InChI is InChI=1S/C15H21NO4/c1-9-3-4-14(10(2)5-9)20-8-15(19)16-11-6-12(17)13(18)7-11/h3-5,11-13,17-18H,6-8H2,1-2H3,(H,16,19)/t11?,12-,13+. The fourth-order valence-corrected chi connectivity index (χ4v) is 2.49. The summed E-state index contributed by atoms with van der Waals surface area (Å²) in [6.45, 7) is 3.87. The summed E-state index contributed by atoms with van der Waals surface area (Å²) in [6.07, 6.45) is -0.728. The third-order valence-electron chi connectivity index (χ3n) is 3.55. The molecule has 3 atom stereocenters.